The number of alkyl halides is 3. The molecule has 0 spiro atoms. The van der Waals surface area contributed by atoms with Gasteiger partial charge in [-0.2, -0.15) is 13.2 Å². The monoisotopic (exact) mass is 264 g/mol. The first-order valence-corrected chi connectivity index (χ1v) is 5.66. The number of ether oxygens (including phenoxy) is 2. The normalized spacial score (nSPS) is 10.7. The van der Waals surface area contributed by atoms with Crippen LogP contribution in [0.25, 0.3) is 0 Å². The Morgan fingerprint density at radius 2 is 1.67 bits per heavy atom. The van der Waals surface area contributed by atoms with E-state index in [2.05, 4.69) is 4.74 Å². The fourth-order valence-corrected chi connectivity index (χ4v) is 1.26. The van der Waals surface area contributed by atoms with E-state index in [4.69, 9.17) is 4.74 Å². The lowest BCUT2D eigenvalue weighted by Gasteiger charge is -2.14. The van der Waals surface area contributed by atoms with E-state index >= 15 is 0 Å². The minimum absolute atomic E-state index is 0.0679. The van der Waals surface area contributed by atoms with Crippen LogP contribution in [-0.4, -0.2) is 13.9 Å². The topological polar surface area (TPSA) is 18.5 Å². The summed E-state index contributed by atoms with van der Waals surface area (Å²) in [4.78, 5) is 0. The molecule has 0 N–H and O–H groups in total. The van der Waals surface area contributed by atoms with Crippen molar-refractivity contribution < 1.29 is 22.6 Å². The predicted molar refractivity (Wildman–Crippen MR) is 64.8 cm³/mol. The lowest BCUT2D eigenvalue weighted by atomic mass is 10.0. The van der Waals surface area contributed by atoms with Crippen LogP contribution >= 0.6 is 0 Å². The van der Waals surface area contributed by atoms with Crippen LogP contribution in [0.1, 0.15) is 30.5 Å². The van der Waals surface area contributed by atoms with Gasteiger partial charge in [0.25, 0.3) is 0 Å². The number of aryl methyl sites for hydroxylation is 1. The molecule has 0 radical (unpaired) electrons. The van der Waals surface area contributed by atoms with Crippen LogP contribution in [0.3, 0.4) is 0 Å². The van der Waals surface area contributed by atoms with Gasteiger partial charge in [0.2, 0.25) is 0 Å². The van der Waals surface area contributed by atoms with Crippen molar-refractivity contribution in [3.8, 4) is 5.75 Å². The number of rotatable bonds is 3. The van der Waals surface area contributed by atoms with Crippen LogP contribution in [-0.2, 0) is 10.9 Å². The second-order valence-corrected chi connectivity index (χ2v) is 3.46. The standard InChI is InChI=1S/C11H13F3O2.C2H6/c1-7-4-9(11(12,13)14)5-10(8(7)2)16-6-15-3;1-2/h4-5H,6H2,1-3H3;1-2H3. The van der Waals surface area contributed by atoms with Crippen molar-refractivity contribution in [1.82, 2.24) is 0 Å². The minimum atomic E-state index is -4.36. The highest BCUT2D eigenvalue weighted by Crippen LogP contribution is 2.34. The van der Waals surface area contributed by atoms with Gasteiger partial charge in [-0.25, -0.2) is 0 Å². The highest BCUT2D eigenvalue weighted by atomic mass is 19.4. The molecule has 0 atom stereocenters. The zero-order chi connectivity index (χ0) is 14.3. The van der Waals surface area contributed by atoms with E-state index in [9.17, 15) is 13.2 Å². The Morgan fingerprint density at radius 3 is 2.11 bits per heavy atom. The molecule has 1 aromatic rings. The van der Waals surface area contributed by atoms with Crippen LogP contribution in [0, 0.1) is 13.8 Å². The Labute approximate surface area is 106 Å². The Kier molecular flexibility index (Phi) is 6.76. The minimum Gasteiger partial charge on any atom is -0.467 e. The smallest absolute Gasteiger partial charge is 0.416 e. The number of methoxy groups -OCH3 is 1. The molecule has 0 aromatic heterocycles. The number of hydrogen-bond acceptors (Lipinski definition) is 2. The van der Waals surface area contributed by atoms with Gasteiger partial charge in [-0.3, -0.25) is 0 Å². The van der Waals surface area contributed by atoms with Crippen molar-refractivity contribution in [2.75, 3.05) is 13.9 Å². The fourth-order valence-electron chi connectivity index (χ4n) is 1.26. The Bertz CT molecular complexity index is 373. The number of benzene rings is 1. The van der Waals surface area contributed by atoms with E-state index < -0.39 is 11.7 Å². The van der Waals surface area contributed by atoms with Crippen molar-refractivity contribution in [2.45, 2.75) is 33.9 Å². The van der Waals surface area contributed by atoms with E-state index in [0.717, 1.165) is 12.1 Å². The molecule has 0 heterocycles. The van der Waals surface area contributed by atoms with Gasteiger partial charge >= 0.3 is 6.18 Å². The number of hydrogen-bond donors (Lipinski definition) is 0. The third-order valence-electron chi connectivity index (χ3n) is 2.28. The molecule has 18 heavy (non-hydrogen) atoms. The van der Waals surface area contributed by atoms with Crippen molar-refractivity contribution >= 4 is 0 Å². The molecule has 0 saturated heterocycles. The fraction of sp³-hybridized carbons (Fsp3) is 0.538. The maximum Gasteiger partial charge on any atom is 0.416 e. The third-order valence-corrected chi connectivity index (χ3v) is 2.28. The van der Waals surface area contributed by atoms with Crippen LogP contribution in [0.5, 0.6) is 5.75 Å². The summed E-state index contributed by atoms with van der Waals surface area (Å²) in [5, 5.41) is 0. The molecule has 0 unspecified atom stereocenters. The second-order valence-electron chi connectivity index (χ2n) is 3.46. The molecule has 0 aliphatic heterocycles. The summed E-state index contributed by atoms with van der Waals surface area (Å²) in [5.74, 6) is 0.203. The molecule has 0 saturated carbocycles. The zero-order valence-electron chi connectivity index (χ0n) is 11.3. The van der Waals surface area contributed by atoms with Crippen molar-refractivity contribution in [3.05, 3.63) is 28.8 Å². The first-order chi connectivity index (χ1) is 8.36. The Morgan fingerprint density at radius 1 is 1.11 bits per heavy atom. The average Bonchev–Trinajstić information content (AvgIpc) is 2.32. The van der Waals surface area contributed by atoms with Crippen LogP contribution < -0.4 is 4.74 Å². The largest absolute Gasteiger partial charge is 0.467 e. The molecular weight excluding hydrogens is 245 g/mol. The summed E-state index contributed by atoms with van der Waals surface area (Å²) < 4.78 is 47.3. The predicted octanol–water partition coefficient (Wildman–Crippen LogP) is 4.33. The highest BCUT2D eigenvalue weighted by Gasteiger charge is 2.31. The molecule has 0 fully saturated rings. The quantitative estimate of drug-likeness (QED) is 0.756. The summed E-state index contributed by atoms with van der Waals surface area (Å²) in [6.07, 6.45) is -4.36. The van der Waals surface area contributed by atoms with Crippen LogP contribution in [0.4, 0.5) is 13.2 Å². The van der Waals surface area contributed by atoms with E-state index in [1.807, 2.05) is 13.8 Å². The van der Waals surface area contributed by atoms with Crippen molar-refractivity contribution in [2.24, 2.45) is 0 Å². The van der Waals surface area contributed by atoms with Gasteiger partial charge in [-0.15, -0.1) is 0 Å². The van der Waals surface area contributed by atoms with Crippen molar-refractivity contribution in [3.63, 3.8) is 0 Å². The number of halogens is 3. The first-order valence-electron chi connectivity index (χ1n) is 5.66. The first kappa shape index (κ1) is 16.8. The lowest BCUT2D eigenvalue weighted by Crippen LogP contribution is -2.08. The maximum absolute atomic E-state index is 12.5. The lowest BCUT2D eigenvalue weighted by molar-refractivity contribution is -0.137. The van der Waals surface area contributed by atoms with Crippen LogP contribution in [0.15, 0.2) is 12.1 Å². The zero-order valence-corrected chi connectivity index (χ0v) is 11.3. The third kappa shape index (κ3) is 4.56. The van der Waals surface area contributed by atoms with Crippen LogP contribution in [0.2, 0.25) is 0 Å². The van der Waals surface area contributed by atoms with Gasteiger partial charge in [-0.05, 0) is 37.1 Å². The summed E-state index contributed by atoms with van der Waals surface area (Å²) in [7, 11) is 1.41. The van der Waals surface area contributed by atoms with E-state index in [0.29, 0.717) is 11.1 Å². The van der Waals surface area contributed by atoms with E-state index in [1.54, 1.807) is 13.8 Å². The molecule has 5 heteroatoms. The Hall–Kier alpha value is -1.23. The summed E-state index contributed by atoms with van der Waals surface area (Å²) in [6.45, 7) is 7.26. The highest BCUT2D eigenvalue weighted by molar-refractivity contribution is 5.43. The molecule has 1 aromatic carbocycles. The molecule has 0 aliphatic rings. The summed E-state index contributed by atoms with van der Waals surface area (Å²) >= 11 is 0. The molecule has 0 bridgehead atoms. The summed E-state index contributed by atoms with van der Waals surface area (Å²) in [6, 6.07) is 2.09. The SMILES string of the molecule is CC.COCOc1cc(C(F)(F)F)cc(C)c1C. The van der Waals surface area contributed by atoms with Gasteiger partial charge in [0.15, 0.2) is 6.79 Å². The Balaban J connectivity index is 0.00000137. The summed E-state index contributed by atoms with van der Waals surface area (Å²) in [5.41, 5.74) is 0.521. The second kappa shape index (κ2) is 7.26. The van der Waals surface area contributed by atoms with Crippen molar-refractivity contribution in [1.29, 1.82) is 0 Å². The molecule has 0 amide bonds. The molecule has 0 aliphatic carbocycles. The maximum atomic E-state index is 12.5. The van der Waals surface area contributed by atoms with Gasteiger partial charge in [0.05, 0.1) is 5.56 Å². The molecule has 2 nitrogen and oxygen atoms in total. The van der Waals surface area contributed by atoms with E-state index in [1.165, 1.54) is 7.11 Å². The van der Waals surface area contributed by atoms with Gasteiger partial charge < -0.3 is 9.47 Å². The average molecular weight is 264 g/mol. The van der Waals surface area contributed by atoms with Gasteiger partial charge in [0.1, 0.15) is 5.75 Å². The van der Waals surface area contributed by atoms with E-state index in [-0.39, 0.29) is 12.5 Å². The van der Waals surface area contributed by atoms with Gasteiger partial charge in [-0.1, -0.05) is 13.8 Å². The molecule has 1 rings (SSSR count). The molecule has 104 valence electrons. The van der Waals surface area contributed by atoms with Gasteiger partial charge in [0, 0.05) is 7.11 Å². The molecular formula is C13H19F3O2.